The van der Waals surface area contributed by atoms with Gasteiger partial charge < -0.3 is 9.47 Å². The lowest BCUT2D eigenvalue weighted by atomic mass is 10.1. The summed E-state index contributed by atoms with van der Waals surface area (Å²) in [6.45, 7) is 6.50. The molecule has 0 amide bonds. The van der Waals surface area contributed by atoms with Crippen LogP contribution < -0.4 is 4.90 Å². The molecule has 0 aliphatic carbocycles. The molecule has 1 unspecified atom stereocenters. The Morgan fingerprint density at radius 1 is 1.27 bits per heavy atom. The number of imidazole rings is 1. The van der Waals surface area contributed by atoms with Gasteiger partial charge in [0.1, 0.15) is 11.6 Å². The van der Waals surface area contributed by atoms with Crippen molar-refractivity contribution in [3.05, 3.63) is 24.0 Å². The molecule has 0 bridgehead atoms. The van der Waals surface area contributed by atoms with Gasteiger partial charge in [-0.3, -0.25) is 0 Å². The minimum Gasteiger partial charge on any atom is -0.345 e. The van der Waals surface area contributed by atoms with E-state index in [0.29, 0.717) is 6.04 Å². The summed E-state index contributed by atoms with van der Waals surface area (Å²) in [6, 6.07) is 0.510. The van der Waals surface area contributed by atoms with E-state index in [4.69, 9.17) is 4.98 Å². The van der Waals surface area contributed by atoms with Crippen molar-refractivity contribution in [1.82, 2.24) is 18.9 Å². The Morgan fingerprint density at radius 3 is 2.95 bits per heavy atom. The number of hydrogen-bond acceptors (Lipinski definition) is 5. The van der Waals surface area contributed by atoms with Gasteiger partial charge >= 0.3 is 0 Å². The lowest BCUT2D eigenvalue weighted by Crippen LogP contribution is -2.37. The van der Waals surface area contributed by atoms with Crippen LogP contribution in [-0.4, -0.2) is 32.0 Å². The molecule has 3 heterocycles. The third kappa shape index (κ3) is 3.32. The quantitative estimate of drug-likeness (QED) is 0.818. The molecule has 1 aliphatic rings. The Balaban J connectivity index is 1.71. The van der Waals surface area contributed by atoms with Gasteiger partial charge in [-0.2, -0.15) is 4.37 Å². The summed E-state index contributed by atoms with van der Waals surface area (Å²) in [5.74, 6) is 2.22. The molecule has 1 atom stereocenters. The van der Waals surface area contributed by atoms with Crippen molar-refractivity contribution in [3.63, 3.8) is 0 Å². The fourth-order valence-electron chi connectivity index (χ4n) is 3.15. The fourth-order valence-corrected chi connectivity index (χ4v) is 3.89. The topological polar surface area (TPSA) is 46.8 Å². The Hall–Kier alpha value is -1.43. The highest BCUT2D eigenvalue weighted by molar-refractivity contribution is 7.09. The molecule has 1 saturated heterocycles. The average molecular weight is 319 g/mol. The molecule has 0 saturated carbocycles. The zero-order chi connectivity index (χ0) is 15.4. The van der Waals surface area contributed by atoms with Gasteiger partial charge in [0.25, 0.3) is 0 Å². The molecule has 2 aromatic heterocycles. The highest BCUT2D eigenvalue weighted by Gasteiger charge is 2.24. The van der Waals surface area contributed by atoms with Crippen LogP contribution in [-0.2, 0) is 12.8 Å². The van der Waals surface area contributed by atoms with Crippen molar-refractivity contribution in [2.45, 2.75) is 58.4 Å². The standard InChI is InChI=1S/C16H25N5S/c1-3-6-14-18-16(22-19-14)20-10-5-8-13(12-20)21-11-9-17-15(21)7-4-2/h9,11,13H,3-8,10,12H2,1-2H3. The van der Waals surface area contributed by atoms with Crippen LogP contribution >= 0.6 is 11.5 Å². The summed E-state index contributed by atoms with van der Waals surface area (Å²) < 4.78 is 6.86. The highest BCUT2D eigenvalue weighted by atomic mass is 32.1. The molecule has 0 aromatic carbocycles. The van der Waals surface area contributed by atoms with Gasteiger partial charge in [0.15, 0.2) is 0 Å². The number of rotatable bonds is 6. The molecule has 0 N–H and O–H groups in total. The summed E-state index contributed by atoms with van der Waals surface area (Å²) in [4.78, 5) is 11.6. The van der Waals surface area contributed by atoms with E-state index >= 15 is 0 Å². The molecular formula is C16H25N5S. The van der Waals surface area contributed by atoms with Crippen molar-refractivity contribution in [2.24, 2.45) is 0 Å². The van der Waals surface area contributed by atoms with E-state index in [1.165, 1.54) is 18.7 Å². The zero-order valence-corrected chi connectivity index (χ0v) is 14.3. The summed E-state index contributed by atoms with van der Waals surface area (Å²) in [5, 5.41) is 1.09. The van der Waals surface area contributed by atoms with E-state index in [1.54, 1.807) is 11.5 Å². The van der Waals surface area contributed by atoms with Crippen molar-refractivity contribution in [2.75, 3.05) is 18.0 Å². The number of aryl methyl sites for hydroxylation is 2. The number of aromatic nitrogens is 4. The van der Waals surface area contributed by atoms with Crippen LogP contribution in [0.2, 0.25) is 0 Å². The summed E-state index contributed by atoms with van der Waals surface area (Å²) in [6.07, 6.45) is 10.8. The fraction of sp³-hybridized carbons (Fsp3) is 0.688. The molecule has 22 heavy (non-hydrogen) atoms. The van der Waals surface area contributed by atoms with Crippen LogP contribution in [0.1, 0.15) is 57.2 Å². The second kappa shape index (κ2) is 7.22. The normalized spacial score (nSPS) is 18.8. The molecule has 0 radical (unpaired) electrons. The minimum absolute atomic E-state index is 0.510. The van der Waals surface area contributed by atoms with Crippen molar-refractivity contribution < 1.29 is 0 Å². The molecule has 5 nitrogen and oxygen atoms in total. The Labute approximate surface area is 136 Å². The van der Waals surface area contributed by atoms with E-state index in [0.717, 1.165) is 49.7 Å². The molecular weight excluding hydrogens is 294 g/mol. The summed E-state index contributed by atoms with van der Waals surface area (Å²) >= 11 is 1.55. The van der Waals surface area contributed by atoms with E-state index in [9.17, 15) is 0 Å². The molecule has 3 rings (SSSR count). The summed E-state index contributed by atoms with van der Waals surface area (Å²) in [5.41, 5.74) is 0. The van der Waals surface area contributed by atoms with Crippen LogP contribution in [0, 0.1) is 0 Å². The van der Waals surface area contributed by atoms with E-state index in [1.807, 2.05) is 6.20 Å². The van der Waals surface area contributed by atoms with Crippen molar-refractivity contribution >= 4 is 16.7 Å². The maximum atomic E-state index is 4.71. The van der Waals surface area contributed by atoms with Gasteiger partial charge in [-0.25, -0.2) is 9.97 Å². The first kappa shape index (κ1) is 15.5. The first-order valence-electron chi connectivity index (χ1n) is 8.41. The minimum atomic E-state index is 0.510. The van der Waals surface area contributed by atoms with Gasteiger partial charge in [-0.05, 0) is 25.7 Å². The van der Waals surface area contributed by atoms with Crippen LogP contribution in [0.15, 0.2) is 12.4 Å². The third-order valence-corrected chi connectivity index (χ3v) is 5.03. The predicted molar refractivity (Wildman–Crippen MR) is 90.6 cm³/mol. The lowest BCUT2D eigenvalue weighted by Gasteiger charge is -2.33. The maximum absolute atomic E-state index is 4.71. The first-order valence-corrected chi connectivity index (χ1v) is 9.18. The van der Waals surface area contributed by atoms with Crippen molar-refractivity contribution in [3.8, 4) is 0 Å². The van der Waals surface area contributed by atoms with Crippen molar-refractivity contribution in [1.29, 1.82) is 0 Å². The largest absolute Gasteiger partial charge is 0.345 e. The van der Waals surface area contributed by atoms with Gasteiger partial charge in [0, 0.05) is 49.9 Å². The van der Waals surface area contributed by atoms with Crippen LogP contribution in [0.5, 0.6) is 0 Å². The average Bonchev–Trinajstić information content (AvgIpc) is 3.18. The van der Waals surface area contributed by atoms with Gasteiger partial charge in [-0.1, -0.05) is 13.8 Å². The Morgan fingerprint density at radius 2 is 2.14 bits per heavy atom. The predicted octanol–water partition coefficient (Wildman–Crippen LogP) is 3.48. The van der Waals surface area contributed by atoms with Crippen LogP contribution in [0.25, 0.3) is 0 Å². The molecule has 1 aliphatic heterocycles. The second-order valence-corrected chi connectivity index (χ2v) is 6.72. The van der Waals surface area contributed by atoms with Gasteiger partial charge in [0.05, 0.1) is 6.04 Å². The molecule has 1 fully saturated rings. The Kier molecular flexibility index (Phi) is 5.08. The van der Waals surface area contributed by atoms with E-state index < -0.39 is 0 Å². The Bertz CT molecular complexity index is 591. The lowest BCUT2D eigenvalue weighted by molar-refractivity contribution is 0.394. The highest BCUT2D eigenvalue weighted by Crippen LogP contribution is 2.28. The SMILES string of the molecule is CCCc1nsc(N2CCCC(n3ccnc3CCC)C2)n1. The number of piperidine rings is 1. The zero-order valence-electron chi connectivity index (χ0n) is 13.5. The summed E-state index contributed by atoms with van der Waals surface area (Å²) in [7, 11) is 0. The molecule has 0 spiro atoms. The molecule has 2 aromatic rings. The smallest absolute Gasteiger partial charge is 0.205 e. The van der Waals surface area contributed by atoms with Crippen LogP contribution in [0.4, 0.5) is 5.13 Å². The number of nitrogens with zero attached hydrogens (tertiary/aromatic N) is 5. The number of hydrogen-bond donors (Lipinski definition) is 0. The van der Waals surface area contributed by atoms with Gasteiger partial charge in [0.2, 0.25) is 5.13 Å². The second-order valence-electron chi connectivity index (χ2n) is 5.99. The first-order chi connectivity index (χ1) is 10.8. The third-order valence-electron chi connectivity index (χ3n) is 4.21. The number of anilines is 1. The molecule has 120 valence electrons. The van der Waals surface area contributed by atoms with E-state index in [2.05, 4.69) is 38.9 Å². The monoisotopic (exact) mass is 319 g/mol. The van der Waals surface area contributed by atoms with Gasteiger partial charge in [-0.15, -0.1) is 0 Å². The maximum Gasteiger partial charge on any atom is 0.205 e. The van der Waals surface area contributed by atoms with Crippen LogP contribution in [0.3, 0.4) is 0 Å². The van der Waals surface area contributed by atoms with E-state index in [-0.39, 0.29) is 0 Å². The molecule has 6 heteroatoms.